The number of rotatable bonds is 3. The van der Waals surface area contributed by atoms with Crippen LogP contribution in [-0.2, 0) is 0 Å². The molecule has 0 aliphatic rings. The van der Waals surface area contributed by atoms with E-state index < -0.39 is 0 Å². The first-order valence-corrected chi connectivity index (χ1v) is 14.9. The molecule has 0 spiro atoms. The van der Waals surface area contributed by atoms with Gasteiger partial charge in [0.1, 0.15) is 0 Å². The average Bonchev–Trinajstić information content (AvgIpc) is 3.59. The maximum atomic E-state index is 9.34. The van der Waals surface area contributed by atoms with Gasteiger partial charge in [-0.2, -0.15) is 5.26 Å². The number of nitriles is 1. The van der Waals surface area contributed by atoms with Crippen LogP contribution in [0.1, 0.15) is 5.56 Å². The van der Waals surface area contributed by atoms with E-state index in [9.17, 15) is 5.26 Å². The molecule has 0 saturated carbocycles. The van der Waals surface area contributed by atoms with Crippen molar-refractivity contribution in [1.82, 2.24) is 0 Å². The van der Waals surface area contributed by atoms with Crippen molar-refractivity contribution in [2.24, 2.45) is 0 Å². The molecule has 0 amide bonds. The van der Waals surface area contributed by atoms with Gasteiger partial charge < -0.3 is 0 Å². The molecule has 6 aromatic carbocycles. The van der Waals surface area contributed by atoms with Gasteiger partial charge in [0.15, 0.2) is 0 Å². The maximum absolute atomic E-state index is 9.34. The topological polar surface area (TPSA) is 23.8 Å². The van der Waals surface area contributed by atoms with Gasteiger partial charge in [0, 0.05) is 40.3 Å². The molecule has 2 aromatic heterocycles. The zero-order valence-corrected chi connectivity index (χ0v) is 23.0. The molecule has 186 valence electrons. The lowest BCUT2D eigenvalue weighted by Crippen LogP contribution is -1.87. The Morgan fingerprint density at radius 1 is 0.425 bits per heavy atom. The fourth-order valence-corrected chi connectivity index (χ4v) is 8.06. The molecule has 0 N–H and O–H groups in total. The normalized spacial score (nSPS) is 11.5. The van der Waals surface area contributed by atoms with E-state index in [4.69, 9.17) is 0 Å². The first kappa shape index (κ1) is 23.2. The smallest absolute Gasteiger partial charge is 0.0991 e. The summed E-state index contributed by atoms with van der Waals surface area (Å²) in [5.41, 5.74) is 7.76. The van der Waals surface area contributed by atoms with E-state index in [1.54, 1.807) is 0 Å². The third-order valence-electron chi connectivity index (χ3n) is 7.71. The standard InChI is InChI=1S/C37H21NS2/c38-22-23-12-14-24(15-13-23)26-18-27(25-16-17-36-33(21-25)31-7-2-3-10-34(31)39-36)20-28(19-26)29-8-5-9-32-30-6-1-4-11-35(30)40-37(29)32/h1-21H. The van der Waals surface area contributed by atoms with Crippen LogP contribution >= 0.6 is 22.7 Å². The van der Waals surface area contributed by atoms with Crippen LogP contribution < -0.4 is 0 Å². The fraction of sp³-hybridized carbons (Fsp3) is 0. The summed E-state index contributed by atoms with van der Waals surface area (Å²) in [4.78, 5) is 0. The Morgan fingerprint density at radius 3 is 1.80 bits per heavy atom. The minimum atomic E-state index is 0.671. The second-order valence-corrected chi connectivity index (χ2v) is 12.2. The largest absolute Gasteiger partial charge is 0.192 e. The Kier molecular flexibility index (Phi) is 5.31. The van der Waals surface area contributed by atoms with E-state index in [0.717, 1.165) is 11.1 Å². The summed E-state index contributed by atoms with van der Waals surface area (Å²) in [5, 5.41) is 14.6. The number of thiophene rings is 2. The van der Waals surface area contributed by atoms with Gasteiger partial charge in [0.25, 0.3) is 0 Å². The first-order chi connectivity index (χ1) is 19.7. The monoisotopic (exact) mass is 543 g/mol. The van der Waals surface area contributed by atoms with Gasteiger partial charge in [-0.1, -0.05) is 72.8 Å². The Labute approximate surface area is 239 Å². The number of nitrogens with zero attached hydrogens (tertiary/aromatic N) is 1. The molecule has 0 radical (unpaired) electrons. The first-order valence-electron chi connectivity index (χ1n) is 13.2. The maximum Gasteiger partial charge on any atom is 0.0991 e. The lowest BCUT2D eigenvalue weighted by Gasteiger charge is -2.12. The number of benzene rings is 6. The summed E-state index contributed by atoms with van der Waals surface area (Å²) in [5.74, 6) is 0. The van der Waals surface area contributed by atoms with Gasteiger partial charge in [-0.15, -0.1) is 22.7 Å². The summed E-state index contributed by atoms with van der Waals surface area (Å²) >= 11 is 3.71. The van der Waals surface area contributed by atoms with E-state index in [0.29, 0.717) is 5.56 Å². The summed E-state index contributed by atoms with van der Waals surface area (Å²) in [6, 6.07) is 47.9. The van der Waals surface area contributed by atoms with Gasteiger partial charge in [0.05, 0.1) is 11.6 Å². The predicted molar refractivity (Wildman–Crippen MR) is 173 cm³/mol. The highest BCUT2D eigenvalue weighted by Gasteiger charge is 2.14. The van der Waals surface area contributed by atoms with Crippen LogP contribution in [0, 0.1) is 11.3 Å². The zero-order chi connectivity index (χ0) is 26.6. The fourth-order valence-electron chi connectivity index (χ4n) is 5.73. The highest BCUT2D eigenvalue weighted by atomic mass is 32.1. The van der Waals surface area contributed by atoms with Crippen molar-refractivity contribution in [2.75, 3.05) is 0 Å². The van der Waals surface area contributed by atoms with Crippen LogP contribution in [0.4, 0.5) is 0 Å². The van der Waals surface area contributed by atoms with Gasteiger partial charge >= 0.3 is 0 Å². The Balaban J connectivity index is 1.38. The number of hydrogen-bond donors (Lipinski definition) is 0. The zero-order valence-electron chi connectivity index (χ0n) is 21.4. The minimum Gasteiger partial charge on any atom is -0.192 e. The highest BCUT2D eigenvalue weighted by Crippen LogP contribution is 2.43. The van der Waals surface area contributed by atoms with E-state index >= 15 is 0 Å². The molecule has 3 heteroatoms. The van der Waals surface area contributed by atoms with Crippen LogP contribution in [0.15, 0.2) is 127 Å². The van der Waals surface area contributed by atoms with Gasteiger partial charge in [-0.05, 0) is 88.0 Å². The summed E-state index contributed by atoms with van der Waals surface area (Å²) in [6.45, 7) is 0. The minimum absolute atomic E-state index is 0.671. The molecule has 2 heterocycles. The van der Waals surface area contributed by atoms with E-state index in [1.807, 2.05) is 34.8 Å². The molecule has 1 nitrogen and oxygen atoms in total. The second-order valence-electron chi connectivity index (χ2n) is 10.1. The molecule has 0 atom stereocenters. The molecule has 0 unspecified atom stereocenters. The summed E-state index contributed by atoms with van der Waals surface area (Å²) < 4.78 is 5.25. The molecule has 0 bridgehead atoms. The SMILES string of the molecule is N#Cc1ccc(-c2cc(-c3ccc4sc5ccccc5c4c3)cc(-c3cccc4c3sc3ccccc34)c2)cc1. The van der Waals surface area contributed by atoms with Crippen molar-refractivity contribution < 1.29 is 0 Å². The van der Waals surface area contributed by atoms with Crippen molar-refractivity contribution in [3.63, 3.8) is 0 Å². The van der Waals surface area contributed by atoms with Gasteiger partial charge in [-0.3, -0.25) is 0 Å². The van der Waals surface area contributed by atoms with Crippen LogP contribution in [0.3, 0.4) is 0 Å². The Morgan fingerprint density at radius 2 is 1.02 bits per heavy atom. The van der Waals surface area contributed by atoms with Gasteiger partial charge in [0.2, 0.25) is 0 Å². The molecule has 0 aliphatic carbocycles. The lowest BCUT2D eigenvalue weighted by atomic mass is 9.92. The van der Waals surface area contributed by atoms with Crippen LogP contribution in [-0.4, -0.2) is 0 Å². The van der Waals surface area contributed by atoms with Crippen LogP contribution in [0.2, 0.25) is 0 Å². The van der Waals surface area contributed by atoms with E-state index in [1.165, 1.54) is 62.6 Å². The summed E-state index contributed by atoms with van der Waals surface area (Å²) in [6.07, 6.45) is 0. The molecule has 0 fully saturated rings. The third-order valence-corrected chi connectivity index (χ3v) is 10.1. The van der Waals surface area contributed by atoms with Crippen molar-refractivity contribution >= 4 is 63.0 Å². The van der Waals surface area contributed by atoms with Crippen molar-refractivity contribution in [3.05, 3.63) is 133 Å². The van der Waals surface area contributed by atoms with Crippen molar-refractivity contribution in [2.45, 2.75) is 0 Å². The molecule has 40 heavy (non-hydrogen) atoms. The molecular weight excluding hydrogens is 523 g/mol. The highest BCUT2D eigenvalue weighted by molar-refractivity contribution is 7.26. The third kappa shape index (κ3) is 3.73. The summed E-state index contributed by atoms with van der Waals surface area (Å²) in [7, 11) is 0. The number of fused-ring (bicyclic) bond motifs is 6. The second kappa shape index (κ2) is 9.17. The Bertz CT molecular complexity index is 2280. The Hall–Kier alpha value is -4.75. The number of hydrogen-bond acceptors (Lipinski definition) is 3. The molecule has 0 saturated heterocycles. The van der Waals surface area contributed by atoms with Crippen molar-refractivity contribution in [1.29, 1.82) is 5.26 Å². The van der Waals surface area contributed by atoms with Crippen molar-refractivity contribution in [3.8, 4) is 39.4 Å². The average molecular weight is 544 g/mol. The molecule has 0 aliphatic heterocycles. The van der Waals surface area contributed by atoms with E-state index in [2.05, 4.69) is 121 Å². The van der Waals surface area contributed by atoms with E-state index in [-0.39, 0.29) is 0 Å². The quantitative estimate of drug-likeness (QED) is 0.217. The van der Waals surface area contributed by atoms with Gasteiger partial charge in [-0.25, -0.2) is 0 Å². The van der Waals surface area contributed by atoms with Crippen LogP contribution in [0.5, 0.6) is 0 Å². The van der Waals surface area contributed by atoms with Crippen LogP contribution in [0.25, 0.3) is 73.7 Å². The lowest BCUT2D eigenvalue weighted by molar-refractivity contribution is 1.48. The molecule has 8 aromatic rings. The molecular formula is C37H21NS2. The molecule has 8 rings (SSSR count). The predicted octanol–water partition coefficient (Wildman–Crippen LogP) is 11.3.